The molecule has 2 N–H and O–H groups in total. The summed E-state index contributed by atoms with van der Waals surface area (Å²) in [6.07, 6.45) is -1.51. The third-order valence-corrected chi connectivity index (χ3v) is 4.22. The molecule has 1 fully saturated rings. The number of nitrogens with two attached hydrogens (primary N) is 1. The number of aliphatic imine (C=N–C) groups is 1. The lowest BCUT2D eigenvalue weighted by molar-refractivity contribution is -0.00277. The highest BCUT2D eigenvalue weighted by molar-refractivity contribution is 5.73. The highest BCUT2D eigenvalue weighted by Gasteiger charge is 2.57. The molecule has 1 saturated carbocycles. The van der Waals surface area contributed by atoms with E-state index in [1.807, 2.05) is 0 Å². The van der Waals surface area contributed by atoms with Crippen LogP contribution < -0.4 is 5.73 Å². The third kappa shape index (κ3) is 1.94. The Bertz CT molecular complexity index is 575. The van der Waals surface area contributed by atoms with Gasteiger partial charge in [0.2, 0.25) is 0 Å². The number of halogens is 3. The SMILES string of the molecule is C[C@]1(c2ccccc2F)N=C(N)O[C@@H]2CC(F)(F)CC21. The van der Waals surface area contributed by atoms with E-state index in [4.69, 9.17) is 10.5 Å². The molecule has 0 spiro atoms. The number of benzene rings is 1. The molecule has 0 saturated heterocycles. The molecular weight excluding hydrogens is 269 g/mol. The van der Waals surface area contributed by atoms with Gasteiger partial charge in [-0.15, -0.1) is 0 Å². The van der Waals surface area contributed by atoms with Crippen molar-refractivity contribution >= 4 is 6.02 Å². The molecule has 3 atom stereocenters. The maximum absolute atomic E-state index is 14.1. The Balaban J connectivity index is 2.10. The summed E-state index contributed by atoms with van der Waals surface area (Å²) in [5.41, 5.74) is 4.75. The van der Waals surface area contributed by atoms with Gasteiger partial charge in [-0.2, -0.15) is 0 Å². The summed E-state index contributed by atoms with van der Waals surface area (Å²) in [6, 6.07) is 5.91. The van der Waals surface area contributed by atoms with Crippen LogP contribution in [0.2, 0.25) is 0 Å². The second-order valence-electron chi connectivity index (χ2n) is 5.60. The number of amidine groups is 1. The van der Waals surface area contributed by atoms with Crippen LogP contribution in [0.15, 0.2) is 29.3 Å². The summed E-state index contributed by atoms with van der Waals surface area (Å²) in [7, 11) is 0. The van der Waals surface area contributed by atoms with Gasteiger partial charge in [0, 0.05) is 24.3 Å². The van der Waals surface area contributed by atoms with Crippen molar-refractivity contribution in [1.29, 1.82) is 0 Å². The van der Waals surface area contributed by atoms with Crippen LogP contribution in [0.1, 0.15) is 25.3 Å². The molecule has 1 aliphatic heterocycles. The Morgan fingerprint density at radius 2 is 2.00 bits per heavy atom. The first-order valence-corrected chi connectivity index (χ1v) is 6.47. The van der Waals surface area contributed by atoms with Crippen molar-refractivity contribution in [2.45, 2.75) is 37.3 Å². The Hall–Kier alpha value is -1.72. The third-order valence-electron chi connectivity index (χ3n) is 4.22. The predicted molar refractivity (Wildman–Crippen MR) is 67.9 cm³/mol. The Kier molecular flexibility index (Phi) is 2.74. The van der Waals surface area contributed by atoms with E-state index in [9.17, 15) is 13.2 Å². The molecule has 3 rings (SSSR count). The van der Waals surface area contributed by atoms with E-state index in [1.165, 1.54) is 6.07 Å². The Labute approximate surface area is 114 Å². The molecule has 3 nitrogen and oxygen atoms in total. The normalized spacial score (nSPS) is 35.1. The van der Waals surface area contributed by atoms with E-state index in [1.54, 1.807) is 25.1 Å². The van der Waals surface area contributed by atoms with Gasteiger partial charge in [-0.1, -0.05) is 18.2 Å². The minimum atomic E-state index is -2.83. The van der Waals surface area contributed by atoms with Crippen molar-refractivity contribution in [3.05, 3.63) is 35.6 Å². The number of nitrogens with zero attached hydrogens (tertiary/aromatic N) is 1. The summed E-state index contributed by atoms with van der Waals surface area (Å²) in [6.45, 7) is 1.64. The molecular formula is C14H15F3N2O. The van der Waals surface area contributed by atoms with Crippen LogP contribution in [0.5, 0.6) is 0 Å². The first-order chi connectivity index (χ1) is 9.32. The lowest BCUT2D eigenvalue weighted by Gasteiger charge is -2.39. The maximum atomic E-state index is 14.1. The van der Waals surface area contributed by atoms with Crippen LogP contribution in [-0.4, -0.2) is 18.0 Å². The Morgan fingerprint density at radius 1 is 1.30 bits per heavy atom. The average Bonchev–Trinajstić information content (AvgIpc) is 2.64. The monoisotopic (exact) mass is 284 g/mol. The van der Waals surface area contributed by atoms with Crippen molar-refractivity contribution in [2.24, 2.45) is 16.6 Å². The van der Waals surface area contributed by atoms with Crippen molar-refractivity contribution in [3.63, 3.8) is 0 Å². The van der Waals surface area contributed by atoms with Crippen molar-refractivity contribution in [2.75, 3.05) is 0 Å². The summed E-state index contributed by atoms with van der Waals surface area (Å²) in [5, 5.41) is 0. The second-order valence-corrected chi connectivity index (χ2v) is 5.60. The number of hydrogen-bond donors (Lipinski definition) is 1. The van der Waals surface area contributed by atoms with Crippen LogP contribution in [0.3, 0.4) is 0 Å². The quantitative estimate of drug-likeness (QED) is 0.862. The van der Waals surface area contributed by atoms with Gasteiger partial charge < -0.3 is 10.5 Å². The van der Waals surface area contributed by atoms with Crippen molar-refractivity contribution in [1.82, 2.24) is 0 Å². The number of ether oxygens (including phenoxy) is 1. The van der Waals surface area contributed by atoms with Crippen LogP contribution in [0.25, 0.3) is 0 Å². The van der Waals surface area contributed by atoms with Crippen LogP contribution in [0, 0.1) is 11.7 Å². The molecule has 108 valence electrons. The van der Waals surface area contributed by atoms with E-state index in [-0.39, 0.29) is 18.0 Å². The Morgan fingerprint density at radius 3 is 2.70 bits per heavy atom. The minimum absolute atomic E-state index is 0.158. The molecule has 1 unspecified atom stereocenters. The molecule has 0 bridgehead atoms. The summed E-state index contributed by atoms with van der Waals surface area (Å²) in [4.78, 5) is 4.15. The molecule has 0 amide bonds. The minimum Gasteiger partial charge on any atom is -0.461 e. The van der Waals surface area contributed by atoms with Crippen molar-refractivity contribution < 1.29 is 17.9 Å². The van der Waals surface area contributed by atoms with Crippen LogP contribution >= 0.6 is 0 Å². The standard InChI is InChI=1S/C14H15F3N2O/c1-13(8-4-2-3-5-10(8)15)9-6-14(16,17)7-11(9)20-12(18)19-13/h2-5,9,11H,6-7H2,1H3,(H2,18,19)/t9?,11-,13-/m1/s1. The fourth-order valence-corrected chi connectivity index (χ4v) is 3.28. The fourth-order valence-electron chi connectivity index (χ4n) is 3.28. The first kappa shape index (κ1) is 13.3. The largest absolute Gasteiger partial charge is 0.461 e. The highest BCUT2D eigenvalue weighted by Crippen LogP contribution is 2.52. The number of alkyl halides is 2. The molecule has 1 aliphatic carbocycles. The van der Waals surface area contributed by atoms with Crippen molar-refractivity contribution in [3.8, 4) is 0 Å². The van der Waals surface area contributed by atoms with E-state index in [0.29, 0.717) is 0 Å². The summed E-state index contributed by atoms with van der Waals surface area (Å²) >= 11 is 0. The number of rotatable bonds is 1. The molecule has 1 heterocycles. The maximum Gasteiger partial charge on any atom is 0.283 e. The van der Waals surface area contributed by atoms with Crippen LogP contribution in [-0.2, 0) is 10.3 Å². The number of hydrogen-bond acceptors (Lipinski definition) is 3. The number of fused-ring (bicyclic) bond motifs is 1. The van der Waals surface area contributed by atoms with E-state index in [2.05, 4.69) is 4.99 Å². The predicted octanol–water partition coefficient (Wildman–Crippen LogP) is 2.80. The van der Waals surface area contributed by atoms with Gasteiger partial charge in [-0.25, -0.2) is 18.2 Å². The van der Waals surface area contributed by atoms with Gasteiger partial charge in [0.05, 0.1) is 5.54 Å². The zero-order valence-corrected chi connectivity index (χ0v) is 10.9. The zero-order valence-electron chi connectivity index (χ0n) is 10.9. The zero-order chi connectivity index (χ0) is 14.5. The first-order valence-electron chi connectivity index (χ1n) is 6.47. The smallest absolute Gasteiger partial charge is 0.283 e. The fraction of sp³-hybridized carbons (Fsp3) is 0.500. The van der Waals surface area contributed by atoms with E-state index < -0.39 is 35.7 Å². The van der Waals surface area contributed by atoms with Gasteiger partial charge in [-0.3, -0.25) is 0 Å². The van der Waals surface area contributed by atoms with Gasteiger partial charge >= 0.3 is 0 Å². The molecule has 1 aromatic rings. The lowest BCUT2D eigenvalue weighted by atomic mass is 9.77. The van der Waals surface area contributed by atoms with Gasteiger partial charge in [0.15, 0.2) is 0 Å². The highest BCUT2D eigenvalue weighted by atomic mass is 19.3. The summed E-state index contributed by atoms with van der Waals surface area (Å²) < 4.78 is 46.6. The molecule has 20 heavy (non-hydrogen) atoms. The second kappa shape index (κ2) is 4.14. The topological polar surface area (TPSA) is 47.6 Å². The van der Waals surface area contributed by atoms with Gasteiger partial charge in [0.1, 0.15) is 11.9 Å². The molecule has 0 aromatic heterocycles. The molecule has 6 heteroatoms. The summed E-state index contributed by atoms with van der Waals surface area (Å²) in [5.74, 6) is -3.90. The van der Waals surface area contributed by atoms with Gasteiger partial charge in [0.25, 0.3) is 11.9 Å². The van der Waals surface area contributed by atoms with E-state index >= 15 is 0 Å². The van der Waals surface area contributed by atoms with E-state index in [0.717, 1.165) is 0 Å². The molecule has 0 radical (unpaired) electrons. The average molecular weight is 284 g/mol. The molecule has 1 aromatic carbocycles. The van der Waals surface area contributed by atoms with Gasteiger partial charge in [-0.05, 0) is 13.0 Å². The lowest BCUT2D eigenvalue weighted by Crippen LogP contribution is -2.45. The van der Waals surface area contributed by atoms with Crippen LogP contribution in [0.4, 0.5) is 13.2 Å². The molecule has 2 aliphatic rings.